The van der Waals surface area contributed by atoms with E-state index in [1.165, 1.54) is 6.26 Å². The van der Waals surface area contributed by atoms with E-state index >= 15 is 0 Å². The van der Waals surface area contributed by atoms with Crippen molar-refractivity contribution in [2.24, 2.45) is 0 Å². The van der Waals surface area contributed by atoms with Gasteiger partial charge in [0.2, 0.25) is 0 Å². The number of rotatable bonds is 5. The summed E-state index contributed by atoms with van der Waals surface area (Å²) in [5.74, 6) is 2.28. The highest BCUT2D eigenvalue weighted by Crippen LogP contribution is 2.23. The van der Waals surface area contributed by atoms with Gasteiger partial charge in [-0.25, -0.2) is 18.4 Å². The number of anilines is 2. The van der Waals surface area contributed by atoms with Gasteiger partial charge in [-0.1, -0.05) is 20.8 Å². The maximum Gasteiger partial charge on any atom is 0.149 e. The van der Waals surface area contributed by atoms with E-state index in [0.29, 0.717) is 6.54 Å². The fraction of sp³-hybridized carbons (Fsp3) is 0.692. The molecule has 1 aromatic rings. The molecular formula is C13H24N4O2S. The fourth-order valence-electron chi connectivity index (χ4n) is 1.51. The lowest BCUT2D eigenvalue weighted by molar-refractivity contribution is 0.545. The van der Waals surface area contributed by atoms with Crippen LogP contribution in [-0.2, 0) is 15.3 Å². The minimum atomic E-state index is -2.98. The smallest absolute Gasteiger partial charge is 0.149 e. The zero-order valence-corrected chi connectivity index (χ0v) is 13.9. The van der Waals surface area contributed by atoms with Crippen molar-refractivity contribution in [2.45, 2.75) is 26.2 Å². The highest BCUT2D eigenvalue weighted by atomic mass is 32.2. The lowest BCUT2D eigenvalue weighted by Gasteiger charge is -2.23. The molecule has 0 bridgehead atoms. The Hall–Kier alpha value is -1.37. The van der Waals surface area contributed by atoms with Crippen molar-refractivity contribution in [2.75, 3.05) is 42.9 Å². The Bertz CT molecular complexity index is 564. The molecule has 0 aliphatic carbocycles. The van der Waals surface area contributed by atoms with Gasteiger partial charge in [-0.3, -0.25) is 0 Å². The monoisotopic (exact) mass is 300 g/mol. The van der Waals surface area contributed by atoms with Gasteiger partial charge >= 0.3 is 0 Å². The third kappa shape index (κ3) is 4.96. The van der Waals surface area contributed by atoms with E-state index in [1.54, 1.807) is 7.05 Å². The molecule has 0 aliphatic rings. The highest BCUT2D eigenvalue weighted by molar-refractivity contribution is 7.90. The molecule has 0 fully saturated rings. The first-order valence-electron chi connectivity index (χ1n) is 6.49. The molecular weight excluding hydrogens is 276 g/mol. The Morgan fingerprint density at radius 2 is 1.90 bits per heavy atom. The van der Waals surface area contributed by atoms with Crippen LogP contribution in [0.5, 0.6) is 0 Å². The van der Waals surface area contributed by atoms with Gasteiger partial charge in [0.1, 0.15) is 27.3 Å². The summed E-state index contributed by atoms with van der Waals surface area (Å²) < 4.78 is 22.5. The maximum absolute atomic E-state index is 11.2. The van der Waals surface area contributed by atoms with Gasteiger partial charge in [0.15, 0.2) is 0 Å². The SMILES string of the molecule is CNc1cc(N(C)CCS(C)(=O)=O)nc(C(C)(C)C)n1. The molecule has 0 aliphatic heterocycles. The average molecular weight is 300 g/mol. The van der Waals surface area contributed by atoms with E-state index in [1.807, 2.05) is 38.8 Å². The van der Waals surface area contributed by atoms with Crippen molar-refractivity contribution in [1.82, 2.24) is 9.97 Å². The zero-order valence-electron chi connectivity index (χ0n) is 13.1. The van der Waals surface area contributed by atoms with Gasteiger partial charge in [0.25, 0.3) is 0 Å². The van der Waals surface area contributed by atoms with E-state index < -0.39 is 9.84 Å². The molecule has 20 heavy (non-hydrogen) atoms. The molecule has 1 aromatic heterocycles. The van der Waals surface area contributed by atoms with Crippen LogP contribution in [0, 0.1) is 0 Å². The van der Waals surface area contributed by atoms with Gasteiger partial charge in [-0.2, -0.15) is 0 Å². The normalized spacial score (nSPS) is 12.3. The molecule has 0 spiro atoms. The number of aromatic nitrogens is 2. The molecule has 0 atom stereocenters. The molecule has 0 radical (unpaired) electrons. The van der Waals surface area contributed by atoms with E-state index in [9.17, 15) is 8.42 Å². The molecule has 1 heterocycles. The molecule has 0 unspecified atom stereocenters. The zero-order chi connectivity index (χ0) is 15.6. The molecule has 7 heteroatoms. The first-order chi connectivity index (χ1) is 9.03. The quantitative estimate of drug-likeness (QED) is 0.883. The summed E-state index contributed by atoms with van der Waals surface area (Å²) in [4.78, 5) is 10.8. The fourth-order valence-corrected chi connectivity index (χ4v) is 2.12. The van der Waals surface area contributed by atoms with Crippen LogP contribution in [-0.4, -0.2) is 51.0 Å². The molecule has 0 aromatic carbocycles. The summed E-state index contributed by atoms with van der Waals surface area (Å²) in [7, 11) is 0.651. The predicted molar refractivity (Wildman–Crippen MR) is 83.3 cm³/mol. The van der Waals surface area contributed by atoms with Crippen molar-refractivity contribution < 1.29 is 8.42 Å². The molecule has 0 saturated carbocycles. The Labute approximate surface area is 121 Å². The second-order valence-corrected chi connectivity index (χ2v) is 8.25. The topological polar surface area (TPSA) is 75.2 Å². The van der Waals surface area contributed by atoms with Crippen LogP contribution in [0.2, 0.25) is 0 Å². The molecule has 114 valence electrons. The first-order valence-corrected chi connectivity index (χ1v) is 8.55. The number of nitrogens with zero attached hydrogens (tertiary/aromatic N) is 3. The summed E-state index contributed by atoms with van der Waals surface area (Å²) in [5, 5.41) is 3.01. The van der Waals surface area contributed by atoms with E-state index in [2.05, 4.69) is 15.3 Å². The van der Waals surface area contributed by atoms with Gasteiger partial charge in [0.05, 0.1) is 5.75 Å². The largest absolute Gasteiger partial charge is 0.373 e. The van der Waals surface area contributed by atoms with Crippen LogP contribution in [0.15, 0.2) is 6.07 Å². The lowest BCUT2D eigenvalue weighted by Crippen LogP contribution is -2.27. The molecule has 1 N–H and O–H groups in total. The van der Waals surface area contributed by atoms with Crippen LogP contribution in [0.25, 0.3) is 0 Å². The molecule has 1 rings (SSSR count). The molecule has 0 amide bonds. The Balaban J connectivity index is 3.05. The van der Waals surface area contributed by atoms with Crippen molar-refractivity contribution in [1.29, 1.82) is 0 Å². The summed E-state index contributed by atoms with van der Waals surface area (Å²) in [5.41, 5.74) is -0.167. The standard InChI is InChI=1S/C13H24N4O2S/c1-13(2,3)12-15-10(14-4)9-11(16-12)17(5)7-8-20(6,18)19/h9H,7-8H2,1-6H3,(H,14,15,16). The van der Waals surface area contributed by atoms with E-state index in [4.69, 9.17) is 0 Å². The van der Waals surface area contributed by atoms with Crippen LogP contribution in [0.1, 0.15) is 26.6 Å². The summed E-state index contributed by atoms with van der Waals surface area (Å²) >= 11 is 0. The summed E-state index contributed by atoms with van der Waals surface area (Å²) in [6.45, 7) is 6.54. The minimum Gasteiger partial charge on any atom is -0.373 e. The Morgan fingerprint density at radius 3 is 2.35 bits per heavy atom. The summed E-state index contributed by atoms with van der Waals surface area (Å²) in [6, 6.07) is 1.82. The van der Waals surface area contributed by atoms with Crippen LogP contribution < -0.4 is 10.2 Å². The third-order valence-electron chi connectivity index (χ3n) is 2.83. The predicted octanol–water partition coefficient (Wildman–Crippen LogP) is 1.30. The second kappa shape index (κ2) is 5.95. The van der Waals surface area contributed by atoms with Gasteiger partial charge < -0.3 is 10.2 Å². The van der Waals surface area contributed by atoms with Gasteiger partial charge in [-0.15, -0.1) is 0 Å². The third-order valence-corrected chi connectivity index (χ3v) is 3.75. The molecule has 6 nitrogen and oxygen atoms in total. The number of nitrogens with one attached hydrogen (secondary N) is 1. The van der Waals surface area contributed by atoms with Gasteiger partial charge in [-0.05, 0) is 0 Å². The van der Waals surface area contributed by atoms with Crippen molar-refractivity contribution in [3.05, 3.63) is 11.9 Å². The number of hydrogen-bond acceptors (Lipinski definition) is 6. The van der Waals surface area contributed by atoms with Crippen molar-refractivity contribution >= 4 is 21.5 Å². The van der Waals surface area contributed by atoms with Gasteiger partial charge in [0, 0.05) is 38.4 Å². The second-order valence-electron chi connectivity index (χ2n) is 5.99. The lowest BCUT2D eigenvalue weighted by atomic mass is 9.96. The summed E-state index contributed by atoms with van der Waals surface area (Å²) in [6.07, 6.45) is 1.24. The van der Waals surface area contributed by atoms with Crippen molar-refractivity contribution in [3.63, 3.8) is 0 Å². The number of sulfone groups is 1. The van der Waals surface area contributed by atoms with Crippen LogP contribution in [0.4, 0.5) is 11.6 Å². The van der Waals surface area contributed by atoms with E-state index in [-0.39, 0.29) is 11.2 Å². The number of hydrogen-bond donors (Lipinski definition) is 1. The van der Waals surface area contributed by atoms with Crippen LogP contribution in [0.3, 0.4) is 0 Å². The first kappa shape index (κ1) is 16.7. The van der Waals surface area contributed by atoms with Crippen molar-refractivity contribution in [3.8, 4) is 0 Å². The van der Waals surface area contributed by atoms with E-state index in [0.717, 1.165) is 17.5 Å². The Kier molecular flexibility index (Phi) is 4.96. The highest BCUT2D eigenvalue weighted by Gasteiger charge is 2.20. The van der Waals surface area contributed by atoms with Crippen LogP contribution >= 0.6 is 0 Å². The minimum absolute atomic E-state index is 0.104. The Morgan fingerprint density at radius 1 is 1.30 bits per heavy atom. The molecule has 0 saturated heterocycles. The average Bonchev–Trinajstić information content (AvgIpc) is 2.33. The maximum atomic E-state index is 11.2.